The van der Waals surface area contributed by atoms with Crippen molar-refractivity contribution in [1.82, 2.24) is 0 Å². The number of halogens is 2. The molecule has 1 heterocycles. The van der Waals surface area contributed by atoms with Crippen molar-refractivity contribution >= 4 is 55.4 Å². The quantitative estimate of drug-likeness (QED) is 0.0459. The zero-order chi connectivity index (χ0) is 39.6. The van der Waals surface area contributed by atoms with Gasteiger partial charge in [-0.1, -0.05) is 51.7 Å². The third kappa shape index (κ3) is 60.4. The van der Waals surface area contributed by atoms with E-state index >= 15 is 0 Å². The monoisotopic (exact) mass is 1230 g/mol. The SMILES string of the molecule is C/C=C/CC(C)(CCCC)O[Si](C)(C)C.C1CCOC1.CCC[CH2][Sn]([CH3])([CH2]CCC)[CH2]CCC.[CH-]=CCC(C)(CCCC)O[Si](C)(C)C.[CH3-].[Cu+].[Cu][I].[I-].[Li+].[Li+]. The fraction of sp³-hybridized carbons (Fsp3) is 0.884. The normalized spacial score (nSPS) is 14.1. The Kier molecular flexibility index (Phi) is 73.8. The van der Waals surface area contributed by atoms with Crippen LogP contribution in [0.2, 0.25) is 57.5 Å². The van der Waals surface area contributed by atoms with Crippen LogP contribution in [-0.2, 0) is 43.4 Å². The van der Waals surface area contributed by atoms with Crippen molar-refractivity contribution in [2.24, 2.45) is 0 Å². The first-order valence-corrected chi connectivity index (χ1v) is 39.3. The summed E-state index contributed by atoms with van der Waals surface area (Å²) in [6.45, 7) is 39.0. The molecule has 0 saturated carbocycles. The van der Waals surface area contributed by atoms with E-state index in [0.29, 0.717) is 0 Å². The summed E-state index contributed by atoms with van der Waals surface area (Å²) in [6.07, 6.45) is 26.6. The minimum atomic E-state index is -1.56. The molecule has 1 aliphatic rings. The Morgan fingerprint density at radius 3 is 1.22 bits per heavy atom. The summed E-state index contributed by atoms with van der Waals surface area (Å²) in [6, 6.07) is 0. The maximum absolute atomic E-state index is 6.32. The van der Waals surface area contributed by atoms with Crippen LogP contribution in [-0.4, -0.2) is 59.4 Å². The fourth-order valence-corrected chi connectivity index (χ4v) is 22.1. The Hall–Kier alpha value is 4.29. The van der Waals surface area contributed by atoms with E-state index in [9.17, 15) is 0 Å². The zero-order valence-corrected chi connectivity index (χ0v) is 51.3. The van der Waals surface area contributed by atoms with Gasteiger partial charge >= 0.3 is 184 Å². The average molecular weight is 1230 g/mol. The molecule has 1 fully saturated rings. The summed E-state index contributed by atoms with van der Waals surface area (Å²) in [4.78, 5) is 2.72. The minimum absolute atomic E-state index is 0. The molecular formula is C43H94Cu2I2Li2O3Si2Sn. The van der Waals surface area contributed by atoms with E-state index in [1.807, 2.05) is 0 Å². The third-order valence-corrected chi connectivity index (χ3v) is 24.4. The van der Waals surface area contributed by atoms with Gasteiger partial charge in [-0.3, -0.25) is 6.08 Å². The maximum Gasteiger partial charge on any atom is 1.00 e. The van der Waals surface area contributed by atoms with Gasteiger partial charge in [0.15, 0.2) is 16.6 Å². The molecule has 2 unspecified atom stereocenters. The summed E-state index contributed by atoms with van der Waals surface area (Å²) in [7, 11) is -2.88. The molecule has 0 amide bonds. The molecule has 2 atom stereocenters. The van der Waals surface area contributed by atoms with E-state index in [0.717, 1.165) is 32.5 Å². The maximum atomic E-state index is 6.32. The van der Waals surface area contributed by atoms with Gasteiger partial charge in [-0.2, -0.15) is 0 Å². The molecule has 0 radical (unpaired) electrons. The second-order valence-electron chi connectivity index (χ2n) is 17.2. The summed E-state index contributed by atoms with van der Waals surface area (Å²) in [5, 5.41) is 0. The number of ether oxygens (including phenoxy) is 1. The third-order valence-electron chi connectivity index (χ3n) is 8.79. The minimum Gasteiger partial charge on any atom is -1.00 e. The van der Waals surface area contributed by atoms with Crippen LogP contribution >= 0.6 is 20.3 Å². The Morgan fingerprint density at radius 2 is 1.00 bits per heavy atom. The van der Waals surface area contributed by atoms with Crippen LogP contribution in [0.3, 0.4) is 0 Å². The number of hydrogen-bond acceptors (Lipinski definition) is 3. The molecule has 0 bridgehead atoms. The average Bonchev–Trinajstić information content (AvgIpc) is 3.64. The molecule has 0 N–H and O–H groups in total. The van der Waals surface area contributed by atoms with Crippen LogP contribution < -0.4 is 61.7 Å². The molecule has 334 valence electrons. The van der Waals surface area contributed by atoms with Crippen molar-refractivity contribution in [3.8, 4) is 0 Å². The molecule has 1 rings (SSSR count). The second-order valence-corrected chi connectivity index (χ2v) is 40.7. The van der Waals surface area contributed by atoms with Gasteiger partial charge in [-0.15, -0.1) is 0 Å². The predicted octanol–water partition coefficient (Wildman–Crippen LogP) is 7.52. The van der Waals surface area contributed by atoms with Crippen LogP contribution in [0.15, 0.2) is 18.2 Å². The van der Waals surface area contributed by atoms with Crippen molar-refractivity contribution in [3.63, 3.8) is 0 Å². The Labute approximate surface area is 427 Å². The van der Waals surface area contributed by atoms with Crippen molar-refractivity contribution in [3.05, 3.63) is 32.2 Å². The molecule has 3 nitrogen and oxygen atoms in total. The summed E-state index contributed by atoms with van der Waals surface area (Å²) >= 11 is 4.31. The van der Waals surface area contributed by atoms with Gasteiger partial charge in [0.05, 0.1) is 11.2 Å². The molecule has 0 spiro atoms. The molecule has 12 heteroatoms. The van der Waals surface area contributed by atoms with Crippen molar-refractivity contribution in [2.45, 2.75) is 227 Å². The van der Waals surface area contributed by atoms with E-state index in [1.165, 1.54) is 83.5 Å². The number of hydrogen-bond donors (Lipinski definition) is 0. The van der Waals surface area contributed by atoms with E-state index in [1.54, 1.807) is 39.7 Å². The number of unbranched alkanes of at least 4 members (excludes halogenated alkanes) is 5. The summed E-state index contributed by atoms with van der Waals surface area (Å²) in [5.41, 5.74) is 0.0300. The van der Waals surface area contributed by atoms with Crippen molar-refractivity contribution in [1.29, 1.82) is 0 Å². The first-order chi connectivity index (χ1) is 23.3. The largest absolute Gasteiger partial charge is 1.00 e. The van der Waals surface area contributed by atoms with Gasteiger partial charge in [0, 0.05) is 13.2 Å². The Balaban J connectivity index is -0.0000000725. The van der Waals surface area contributed by atoms with E-state index in [4.69, 9.17) is 20.2 Å². The van der Waals surface area contributed by atoms with Gasteiger partial charge in [0.1, 0.15) is 0 Å². The molecule has 0 aromatic carbocycles. The Bertz CT molecular complexity index is 750. The number of allylic oxidation sites excluding steroid dienone is 1. The molecule has 0 aromatic heterocycles. The van der Waals surface area contributed by atoms with E-state index in [-0.39, 0.29) is 97.4 Å². The standard InChI is InChI=1S/C13H28OSi.C12H25OSi.C4H8O.3C4H9.2CH3.2Cu.2HI.2Li.Sn/c1-7-9-11-13(3,12-10-8-2)14-15(4,5)6;1-7-9-11-12(3,10-8-2)13-14(4,5)6;1-2-4-5-3-1;3*1-3-4-2;;;;;;;;;/h7,9H,8,10-12H2,1-6H3;2,8H,7,9-11H2,1,3-6H3;1-4H2;3*1,3-4H2,2H3;2*1H3;;;2*1H;;;/q;-1;;;;;;-1;2*+1;;;2*+1;/p-2/b9-7+;;;;;;;;;;;;;;. The van der Waals surface area contributed by atoms with Gasteiger partial charge in [0.25, 0.3) is 0 Å². The smallest absolute Gasteiger partial charge is 1.00 e. The van der Waals surface area contributed by atoms with Crippen LogP contribution in [0.5, 0.6) is 0 Å². The first-order valence-electron chi connectivity index (χ1n) is 20.6. The molecule has 1 aliphatic heterocycles. The van der Waals surface area contributed by atoms with E-state index in [2.05, 4.69) is 125 Å². The topological polar surface area (TPSA) is 27.7 Å². The van der Waals surface area contributed by atoms with Gasteiger partial charge in [-0.25, -0.2) is 0 Å². The van der Waals surface area contributed by atoms with Crippen molar-refractivity contribution in [2.75, 3.05) is 13.2 Å². The van der Waals surface area contributed by atoms with Gasteiger partial charge in [-0.05, 0) is 98.6 Å². The summed E-state index contributed by atoms with van der Waals surface area (Å²) < 4.78 is 22.4. The van der Waals surface area contributed by atoms with Gasteiger partial charge in [0.2, 0.25) is 0 Å². The van der Waals surface area contributed by atoms with Crippen molar-refractivity contribution < 1.29 is 105 Å². The van der Waals surface area contributed by atoms with Crippen LogP contribution in [0.25, 0.3) is 0 Å². The molecule has 1 saturated heterocycles. The second kappa shape index (κ2) is 50.9. The van der Waals surface area contributed by atoms with Crippen LogP contribution in [0, 0.1) is 14.0 Å². The predicted molar refractivity (Wildman–Crippen MR) is 249 cm³/mol. The first kappa shape index (κ1) is 79.7. The molecule has 55 heavy (non-hydrogen) atoms. The van der Waals surface area contributed by atoms with Gasteiger partial charge < -0.3 is 51.6 Å². The van der Waals surface area contributed by atoms with Crippen LogP contribution in [0.1, 0.15) is 158 Å². The fourth-order valence-electron chi connectivity index (χ4n) is 6.28. The zero-order valence-electron chi connectivity index (χ0n) is 40.2. The van der Waals surface area contributed by atoms with Crippen LogP contribution in [0.4, 0.5) is 0 Å². The summed E-state index contributed by atoms with van der Waals surface area (Å²) in [5.74, 6) is 0. The molecule has 0 aromatic rings. The number of rotatable bonds is 23. The van der Waals surface area contributed by atoms with E-state index < -0.39 is 35.0 Å². The molecular weight excluding hydrogens is 1130 g/mol. The molecule has 0 aliphatic carbocycles. The Morgan fingerprint density at radius 1 is 0.691 bits per heavy atom.